The summed E-state index contributed by atoms with van der Waals surface area (Å²) in [5.74, 6) is 0. The Labute approximate surface area is 92.6 Å². The quantitative estimate of drug-likeness (QED) is 0.701. The molecule has 0 radical (unpaired) electrons. The number of nitrogens with two attached hydrogens (primary N) is 2. The van der Waals surface area contributed by atoms with Gasteiger partial charge >= 0.3 is 0 Å². The highest BCUT2D eigenvalue weighted by molar-refractivity contribution is 6.38. The molecule has 1 aromatic rings. The summed E-state index contributed by atoms with van der Waals surface area (Å²) >= 11 is 11.7. The molecule has 0 fully saturated rings. The standard InChI is InChI=1S/C9H12Cl2N2O/c10-6-3-5(8(12)1-2-14)4-7(11)9(6)13/h3-4,8,14H,1-2,12-13H2/t8-/m0/s1. The zero-order valence-corrected chi connectivity index (χ0v) is 9.02. The van der Waals surface area contributed by atoms with Crippen LogP contribution >= 0.6 is 23.2 Å². The van der Waals surface area contributed by atoms with Crippen molar-refractivity contribution in [1.82, 2.24) is 0 Å². The molecule has 78 valence electrons. The van der Waals surface area contributed by atoms with Crippen molar-refractivity contribution in [2.75, 3.05) is 12.3 Å². The third-order valence-electron chi connectivity index (χ3n) is 1.97. The fourth-order valence-corrected chi connectivity index (χ4v) is 1.63. The van der Waals surface area contributed by atoms with E-state index in [1.807, 2.05) is 0 Å². The molecule has 5 N–H and O–H groups in total. The van der Waals surface area contributed by atoms with Crippen molar-refractivity contribution in [3.8, 4) is 0 Å². The van der Waals surface area contributed by atoms with Crippen molar-refractivity contribution in [2.45, 2.75) is 12.5 Å². The summed E-state index contributed by atoms with van der Waals surface area (Å²) in [6, 6.07) is 3.07. The number of hydrogen-bond donors (Lipinski definition) is 3. The van der Waals surface area contributed by atoms with Crippen molar-refractivity contribution in [3.05, 3.63) is 27.7 Å². The normalized spacial score (nSPS) is 12.9. The van der Waals surface area contributed by atoms with Gasteiger partial charge in [-0.3, -0.25) is 0 Å². The average Bonchev–Trinajstić information content (AvgIpc) is 2.13. The molecule has 1 rings (SSSR count). The van der Waals surface area contributed by atoms with Gasteiger partial charge in [-0.25, -0.2) is 0 Å². The van der Waals surface area contributed by atoms with Gasteiger partial charge in [0.1, 0.15) is 0 Å². The van der Waals surface area contributed by atoms with Crippen molar-refractivity contribution < 1.29 is 5.11 Å². The summed E-state index contributed by atoms with van der Waals surface area (Å²) < 4.78 is 0. The summed E-state index contributed by atoms with van der Waals surface area (Å²) in [5, 5.41) is 9.50. The third-order valence-corrected chi connectivity index (χ3v) is 2.60. The first-order valence-electron chi connectivity index (χ1n) is 4.17. The van der Waals surface area contributed by atoms with Crippen LogP contribution in [0.15, 0.2) is 12.1 Å². The van der Waals surface area contributed by atoms with Crippen LogP contribution in [0.3, 0.4) is 0 Å². The summed E-state index contributed by atoms with van der Waals surface area (Å²) in [5.41, 5.74) is 12.5. The zero-order valence-electron chi connectivity index (χ0n) is 7.50. The third kappa shape index (κ3) is 2.51. The molecule has 0 aliphatic carbocycles. The second-order valence-electron chi connectivity index (χ2n) is 3.02. The fraction of sp³-hybridized carbons (Fsp3) is 0.333. The first kappa shape index (κ1) is 11.6. The molecule has 0 unspecified atom stereocenters. The van der Waals surface area contributed by atoms with Gasteiger partial charge in [-0.15, -0.1) is 0 Å². The predicted octanol–water partition coefficient (Wildman–Crippen LogP) is 1.96. The zero-order chi connectivity index (χ0) is 10.7. The molecule has 0 saturated carbocycles. The molecule has 0 heterocycles. The number of hydrogen-bond acceptors (Lipinski definition) is 3. The summed E-state index contributed by atoms with van der Waals surface area (Å²) in [4.78, 5) is 0. The van der Waals surface area contributed by atoms with E-state index in [4.69, 9.17) is 39.8 Å². The molecule has 1 atom stereocenters. The van der Waals surface area contributed by atoms with Gasteiger partial charge in [0.05, 0.1) is 15.7 Å². The number of benzene rings is 1. The Morgan fingerprint density at radius 1 is 1.29 bits per heavy atom. The number of rotatable bonds is 3. The van der Waals surface area contributed by atoms with Crippen molar-refractivity contribution in [3.63, 3.8) is 0 Å². The van der Waals surface area contributed by atoms with Gasteiger partial charge in [-0.1, -0.05) is 23.2 Å². The van der Waals surface area contributed by atoms with Crippen LogP contribution in [0.5, 0.6) is 0 Å². The summed E-state index contributed by atoms with van der Waals surface area (Å²) in [7, 11) is 0. The highest BCUT2D eigenvalue weighted by Gasteiger charge is 2.10. The van der Waals surface area contributed by atoms with Gasteiger partial charge in [0, 0.05) is 12.6 Å². The molecule has 0 spiro atoms. The maximum absolute atomic E-state index is 8.72. The van der Waals surface area contributed by atoms with Crippen LogP contribution in [0.4, 0.5) is 5.69 Å². The molecule has 5 heteroatoms. The molecule has 0 amide bonds. The lowest BCUT2D eigenvalue weighted by molar-refractivity contribution is 0.276. The van der Waals surface area contributed by atoms with E-state index in [0.717, 1.165) is 5.56 Å². The van der Waals surface area contributed by atoms with Crippen LogP contribution in [0.2, 0.25) is 10.0 Å². The van der Waals surface area contributed by atoms with Gasteiger partial charge in [0.2, 0.25) is 0 Å². The molecular weight excluding hydrogens is 223 g/mol. The van der Waals surface area contributed by atoms with E-state index in [1.54, 1.807) is 12.1 Å². The Morgan fingerprint density at radius 2 is 1.79 bits per heavy atom. The monoisotopic (exact) mass is 234 g/mol. The lowest BCUT2D eigenvalue weighted by Crippen LogP contribution is -2.12. The molecule has 3 nitrogen and oxygen atoms in total. The molecular formula is C9H12Cl2N2O. The minimum Gasteiger partial charge on any atom is -0.396 e. The fourth-order valence-electron chi connectivity index (χ4n) is 1.12. The van der Waals surface area contributed by atoms with E-state index in [1.165, 1.54) is 0 Å². The summed E-state index contributed by atoms with van der Waals surface area (Å²) in [6.45, 7) is 0.0286. The van der Waals surface area contributed by atoms with Crippen molar-refractivity contribution in [1.29, 1.82) is 0 Å². The molecule has 0 saturated heterocycles. The van der Waals surface area contributed by atoms with E-state index < -0.39 is 0 Å². The van der Waals surface area contributed by atoms with E-state index >= 15 is 0 Å². The highest BCUT2D eigenvalue weighted by atomic mass is 35.5. The first-order chi connectivity index (χ1) is 6.56. The average molecular weight is 235 g/mol. The molecule has 1 aromatic carbocycles. The van der Waals surface area contributed by atoms with E-state index in [-0.39, 0.29) is 12.6 Å². The largest absolute Gasteiger partial charge is 0.396 e. The van der Waals surface area contributed by atoms with Gasteiger partial charge < -0.3 is 16.6 Å². The van der Waals surface area contributed by atoms with E-state index in [0.29, 0.717) is 22.2 Å². The van der Waals surface area contributed by atoms with Gasteiger partial charge in [0.25, 0.3) is 0 Å². The van der Waals surface area contributed by atoms with Gasteiger partial charge in [-0.05, 0) is 24.1 Å². The van der Waals surface area contributed by atoms with Crippen LogP contribution in [-0.2, 0) is 0 Å². The van der Waals surface area contributed by atoms with Gasteiger partial charge in [-0.2, -0.15) is 0 Å². The molecule has 0 aliphatic rings. The lowest BCUT2D eigenvalue weighted by Gasteiger charge is -2.12. The molecule has 0 aromatic heterocycles. The number of aliphatic hydroxyl groups is 1. The molecule has 0 bridgehead atoms. The Bertz CT molecular complexity index is 308. The Kier molecular flexibility index (Phi) is 4.01. The maximum atomic E-state index is 8.72. The summed E-state index contributed by atoms with van der Waals surface area (Å²) in [6.07, 6.45) is 0.469. The van der Waals surface area contributed by atoms with Crippen molar-refractivity contribution >= 4 is 28.9 Å². The highest BCUT2D eigenvalue weighted by Crippen LogP contribution is 2.31. The second kappa shape index (κ2) is 4.84. The van der Waals surface area contributed by atoms with Crippen LogP contribution in [0.25, 0.3) is 0 Å². The Balaban J connectivity index is 3.00. The minimum atomic E-state index is -0.268. The smallest absolute Gasteiger partial charge is 0.0693 e. The SMILES string of the molecule is Nc1c(Cl)cc([C@@H](N)CCO)cc1Cl. The van der Waals surface area contributed by atoms with Crippen LogP contribution in [-0.4, -0.2) is 11.7 Å². The Morgan fingerprint density at radius 3 is 2.21 bits per heavy atom. The number of anilines is 1. The van der Waals surface area contributed by atoms with Crippen LogP contribution in [0.1, 0.15) is 18.0 Å². The maximum Gasteiger partial charge on any atom is 0.0693 e. The van der Waals surface area contributed by atoms with Crippen LogP contribution in [0, 0.1) is 0 Å². The predicted molar refractivity (Wildman–Crippen MR) is 59.5 cm³/mol. The van der Waals surface area contributed by atoms with E-state index in [9.17, 15) is 0 Å². The topological polar surface area (TPSA) is 72.3 Å². The number of halogens is 2. The first-order valence-corrected chi connectivity index (χ1v) is 4.92. The molecule has 14 heavy (non-hydrogen) atoms. The van der Waals surface area contributed by atoms with Crippen LogP contribution < -0.4 is 11.5 Å². The van der Waals surface area contributed by atoms with E-state index in [2.05, 4.69) is 0 Å². The Hall–Kier alpha value is -0.480. The minimum absolute atomic E-state index is 0.0286. The molecule has 0 aliphatic heterocycles. The van der Waals surface area contributed by atoms with Crippen molar-refractivity contribution in [2.24, 2.45) is 5.73 Å². The van der Waals surface area contributed by atoms with Gasteiger partial charge in [0.15, 0.2) is 0 Å². The number of nitrogen functional groups attached to an aromatic ring is 1. The second-order valence-corrected chi connectivity index (χ2v) is 3.83. The number of aliphatic hydroxyl groups excluding tert-OH is 1. The lowest BCUT2D eigenvalue weighted by atomic mass is 10.0.